The van der Waals surface area contributed by atoms with Crippen molar-refractivity contribution >= 4 is 10.0 Å². The fraction of sp³-hybridized carbons (Fsp3) is 0.500. The molecule has 100 valence electrons. The molecule has 0 aliphatic carbocycles. The molecule has 0 saturated carbocycles. The number of benzene rings is 1. The molecule has 0 unspecified atom stereocenters. The molecule has 5 nitrogen and oxygen atoms in total. The number of hydrogen-bond donors (Lipinski definition) is 0. The molecule has 18 heavy (non-hydrogen) atoms. The van der Waals surface area contributed by atoms with Crippen molar-refractivity contribution < 1.29 is 18.0 Å². The van der Waals surface area contributed by atoms with Crippen LogP contribution in [0.4, 0.5) is 0 Å². The van der Waals surface area contributed by atoms with E-state index in [1.807, 2.05) is 6.92 Å². The highest BCUT2D eigenvalue weighted by molar-refractivity contribution is 7.89. The Morgan fingerprint density at radius 3 is 2.61 bits per heavy atom. The average Bonchev–Trinajstić information content (AvgIpc) is 2.91. The maximum absolute atomic E-state index is 12.1. The molecule has 1 fully saturated rings. The SMILES string of the molecule is CCCOc1ccc(S(=O)(=O)N2CCCO2)cc1. The van der Waals surface area contributed by atoms with Crippen LogP contribution in [0.1, 0.15) is 19.8 Å². The summed E-state index contributed by atoms with van der Waals surface area (Å²) in [7, 11) is -3.52. The molecule has 0 amide bonds. The molecule has 6 heteroatoms. The van der Waals surface area contributed by atoms with Crippen LogP contribution in [0.15, 0.2) is 29.2 Å². The van der Waals surface area contributed by atoms with Gasteiger partial charge in [-0.1, -0.05) is 11.4 Å². The van der Waals surface area contributed by atoms with Crippen molar-refractivity contribution in [1.29, 1.82) is 0 Å². The molecule has 1 aromatic carbocycles. The Morgan fingerprint density at radius 2 is 2.06 bits per heavy atom. The van der Waals surface area contributed by atoms with Gasteiger partial charge in [-0.2, -0.15) is 0 Å². The molecule has 0 spiro atoms. The first-order valence-electron chi connectivity index (χ1n) is 6.03. The molecule has 0 bridgehead atoms. The van der Waals surface area contributed by atoms with Crippen LogP contribution in [0.2, 0.25) is 0 Å². The fourth-order valence-corrected chi connectivity index (χ4v) is 2.96. The van der Waals surface area contributed by atoms with Crippen LogP contribution in [0.5, 0.6) is 5.75 Å². The maximum atomic E-state index is 12.1. The minimum absolute atomic E-state index is 0.230. The van der Waals surface area contributed by atoms with E-state index in [1.165, 1.54) is 0 Å². The third-order valence-corrected chi connectivity index (χ3v) is 4.27. The zero-order valence-electron chi connectivity index (χ0n) is 10.3. The summed E-state index contributed by atoms with van der Waals surface area (Å²) in [5, 5.41) is 0. The van der Waals surface area contributed by atoms with Crippen molar-refractivity contribution in [2.75, 3.05) is 19.8 Å². The molecule has 1 heterocycles. The predicted octanol–water partition coefficient (Wildman–Crippen LogP) is 1.80. The van der Waals surface area contributed by atoms with Crippen LogP contribution in [-0.2, 0) is 14.9 Å². The second-order valence-electron chi connectivity index (χ2n) is 4.04. The summed E-state index contributed by atoms with van der Waals surface area (Å²) in [5.41, 5.74) is 0. The topological polar surface area (TPSA) is 55.8 Å². The minimum atomic E-state index is -3.52. The summed E-state index contributed by atoms with van der Waals surface area (Å²) in [4.78, 5) is 5.31. The fourth-order valence-electron chi connectivity index (χ4n) is 1.66. The van der Waals surface area contributed by atoms with Crippen molar-refractivity contribution in [2.24, 2.45) is 0 Å². The van der Waals surface area contributed by atoms with E-state index >= 15 is 0 Å². The maximum Gasteiger partial charge on any atom is 0.265 e. The van der Waals surface area contributed by atoms with Gasteiger partial charge in [-0.05, 0) is 37.1 Å². The van der Waals surface area contributed by atoms with Crippen molar-refractivity contribution in [1.82, 2.24) is 4.47 Å². The van der Waals surface area contributed by atoms with Gasteiger partial charge in [-0.25, -0.2) is 8.42 Å². The van der Waals surface area contributed by atoms with Gasteiger partial charge in [-0.15, -0.1) is 0 Å². The summed E-state index contributed by atoms with van der Waals surface area (Å²) in [5.74, 6) is 0.679. The van der Waals surface area contributed by atoms with Crippen LogP contribution in [0.3, 0.4) is 0 Å². The third-order valence-electron chi connectivity index (χ3n) is 2.58. The Hall–Kier alpha value is -1.11. The third kappa shape index (κ3) is 2.82. The van der Waals surface area contributed by atoms with Gasteiger partial charge in [0.05, 0.1) is 18.1 Å². The average molecular weight is 271 g/mol. The normalized spacial score (nSPS) is 16.9. The highest BCUT2D eigenvalue weighted by atomic mass is 32.2. The van der Waals surface area contributed by atoms with Crippen LogP contribution >= 0.6 is 0 Å². The van der Waals surface area contributed by atoms with Gasteiger partial charge in [-0.3, -0.25) is 4.84 Å². The lowest BCUT2D eigenvalue weighted by atomic mass is 10.3. The zero-order chi connectivity index (χ0) is 13.0. The minimum Gasteiger partial charge on any atom is -0.494 e. The summed E-state index contributed by atoms with van der Waals surface area (Å²) in [6, 6.07) is 6.42. The van der Waals surface area contributed by atoms with Gasteiger partial charge in [0, 0.05) is 6.54 Å². The van der Waals surface area contributed by atoms with Crippen LogP contribution < -0.4 is 4.74 Å². The second kappa shape index (κ2) is 5.69. The Morgan fingerprint density at radius 1 is 1.33 bits per heavy atom. The molecular weight excluding hydrogens is 254 g/mol. The highest BCUT2D eigenvalue weighted by Gasteiger charge is 2.28. The standard InChI is InChI=1S/C12H17NO4S/c1-2-9-16-11-4-6-12(7-5-11)18(14,15)13-8-3-10-17-13/h4-7H,2-3,8-10H2,1H3. The molecule has 1 saturated heterocycles. The Kier molecular flexibility index (Phi) is 4.21. The van der Waals surface area contributed by atoms with Gasteiger partial charge >= 0.3 is 0 Å². The van der Waals surface area contributed by atoms with E-state index in [0.29, 0.717) is 25.5 Å². The lowest BCUT2D eigenvalue weighted by Gasteiger charge is -2.14. The Labute approximate surface area is 107 Å². The second-order valence-corrected chi connectivity index (χ2v) is 5.87. The first kappa shape index (κ1) is 13.3. The smallest absolute Gasteiger partial charge is 0.265 e. The van der Waals surface area contributed by atoms with E-state index in [0.717, 1.165) is 17.3 Å². The molecule has 0 atom stereocenters. The summed E-state index contributed by atoms with van der Waals surface area (Å²) < 4.78 is 30.7. The summed E-state index contributed by atoms with van der Waals surface area (Å²) in [6.45, 7) is 3.51. The predicted molar refractivity (Wildman–Crippen MR) is 66.7 cm³/mol. The number of sulfonamides is 1. The monoisotopic (exact) mass is 271 g/mol. The molecular formula is C12H17NO4S. The van der Waals surface area contributed by atoms with Gasteiger partial charge in [0.25, 0.3) is 10.0 Å². The van der Waals surface area contributed by atoms with Crippen molar-refractivity contribution in [3.8, 4) is 5.75 Å². The van der Waals surface area contributed by atoms with E-state index in [-0.39, 0.29) is 4.90 Å². The van der Waals surface area contributed by atoms with E-state index in [9.17, 15) is 8.42 Å². The number of ether oxygens (including phenoxy) is 1. The molecule has 0 aromatic heterocycles. The highest BCUT2D eigenvalue weighted by Crippen LogP contribution is 2.22. The van der Waals surface area contributed by atoms with E-state index in [2.05, 4.69) is 0 Å². The first-order valence-corrected chi connectivity index (χ1v) is 7.47. The quantitative estimate of drug-likeness (QED) is 0.819. The molecule has 2 rings (SSSR count). The number of nitrogens with zero attached hydrogens (tertiary/aromatic N) is 1. The van der Waals surface area contributed by atoms with E-state index in [4.69, 9.17) is 9.57 Å². The molecule has 1 aliphatic rings. The first-order chi connectivity index (χ1) is 8.64. The van der Waals surface area contributed by atoms with Crippen molar-refractivity contribution in [2.45, 2.75) is 24.7 Å². The van der Waals surface area contributed by atoms with E-state index < -0.39 is 10.0 Å². The molecule has 0 N–H and O–H groups in total. The van der Waals surface area contributed by atoms with Gasteiger partial charge < -0.3 is 4.74 Å². The van der Waals surface area contributed by atoms with Crippen LogP contribution in [0, 0.1) is 0 Å². The van der Waals surface area contributed by atoms with Crippen LogP contribution in [0.25, 0.3) is 0 Å². The summed E-state index contributed by atoms with van der Waals surface area (Å²) in [6.07, 6.45) is 1.65. The number of rotatable bonds is 5. The van der Waals surface area contributed by atoms with Crippen molar-refractivity contribution in [3.63, 3.8) is 0 Å². The molecule has 1 aliphatic heterocycles. The largest absolute Gasteiger partial charge is 0.494 e. The van der Waals surface area contributed by atoms with Crippen molar-refractivity contribution in [3.05, 3.63) is 24.3 Å². The molecule has 0 radical (unpaired) electrons. The van der Waals surface area contributed by atoms with E-state index in [1.54, 1.807) is 24.3 Å². The number of hydroxylamine groups is 1. The summed E-state index contributed by atoms with van der Waals surface area (Å²) >= 11 is 0. The zero-order valence-corrected chi connectivity index (χ0v) is 11.1. The lowest BCUT2D eigenvalue weighted by Crippen LogP contribution is -2.26. The van der Waals surface area contributed by atoms with Gasteiger partial charge in [0.2, 0.25) is 0 Å². The lowest BCUT2D eigenvalue weighted by molar-refractivity contribution is -0.0284. The Balaban J connectivity index is 2.13. The number of hydrogen-bond acceptors (Lipinski definition) is 4. The van der Waals surface area contributed by atoms with Gasteiger partial charge in [0.1, 0.15) is 5.75 Å². The Bertz CT molecular complexity index is 477. The molecule has 1 aromatic rings. The van der Waals surface area contributed by atoms with Gasteiger partial charge in [0.15, 0.2) is 0 Å². The van der Waals surface area contributed by atoms with Crippen LogP contribution in [-0.4, -0.2) is 32.6 Å².